The standard InChI is InChI=1S/C14H16N2O3S/c1-10-15-16-14(19-10)9-20(17,18)8-11-5-6-12-3-2-4-13(12)7-11/h5-7H,2-4,8-9H2,1H3. The molecule has 0 atom stereocenters. The Morgan fingerprint density at radius 2 is 1.95 bits per heavy atom. The fraction of sp³-hybridized carbons (Fsp3) is 0.429. The summed E-state index contributed by atoms with van der Waals surface area (Å²) in [7, 11) is -3.29. The van der Waals surface area contributed by atoms with Crippen LogP contribution in [0.5, 0.6) is 0 Å². The van der Waals surface area contributed by atoms with Crippen LogP contribution in [0.2, 0.25) is 0 Å². The Bertz CT molecular complexity index is 735. The summed E-state index contributed by atoms with van der Waals surface area (Å²) in [6.45, 7) is 1.64. The van der Waals surface area contributed by atoms with Gasteiger partial charge in [0, 0.05) is 6.92 Å². The lowest BCUT2D eigenvalue weighted by molar-refractivity contribution is 0.480. The highest BCUT2D eigenvalue weighted by Gasteiger charge is 2.19. The molecule has 1 aliphatic rings. The molecule has 1 aromatic heterocycles. The number of hydrogen-bond acceptors (Lipinski definition) is 5. The largest absolute Gasteiger partial charge is 0.424 e. The molecule has 0 N–H and O–H groups in total. The van der Waals surface area contributed by atoms with E-state index in [1.807, 2.05) is 18.2 Å². The molecular formula is C14H16N2O3S. The number of fused-ring (bicyclic) bond motifs is 1. The lowest BCUT2D eigenvalue weighted by Crippen LogP contribution is -2.08. The van der Waals surface area contributed by atoms with E-state index < -0.39 is 9.84 Å². The minimum atomic E-state index is -3.29. The Labute approximate surface area is 117 Å². The molecule has 2 aromatic rings. The van der Waals surface area contributed by atoms with E-state index in [0.29, 0.717) is 5.89 Å². The highest BCUT2D eigenvalue weighted by molar-refractivity contribution is 7.89. The summed E-state index contributed by atoms with van der Waals surface area (Å²) >= 11 is 0. The van der Waals surface area contributed by atoms with Crippen molar-refractivity contribution in [3.8, 4) is 0 Å². The van der Waals surface area contributed by atoms with Gasteiger partial charge in [0.05, 0.1) is 5.75 Å². The summed E-state index contributed by atoms with van der Waals surface area (Å²) in [5, 5.41) is 7.38. The van der Waals surface area contributed by atoms with Gasteiger partial charge in [-0.25, -0.2) is 8.42 Å². The lowest BCUT2D eigenvalue weighted by Gasteiger charge is -2.05. The van der Waals surface area contributed by atoms with Gasteiger partial charge in [0.2, 0.25) is 11.8 Å². The van der Waals surface area contributed by atoms with Crippen molar-refractivity contribution in [1.82, 2.24) is 10.2 Å². The molecule has 0 amide bonds. The first-order valence-corrected chi connectivity index (χ1v) is 8.44. The smallest absolute Gasteiger partial charge is 0.231 e. The Morgan fingerprint density at radius 1 is 1.15 bits per heavy atom. The summed E-state index contributed by atoms with van der Waals surface area (Å²) in [4.78, 5) is 0. The summed E-state index contributed by atoms with van der Waals surface area (Å²) < 4.78 is 29.4. The van der Waals surface area contributed by atoms with Gasteiger partial charge in [-0.3, -0.25) is 0 Å². The number of nitrogens with zero attached hydrogens (tertiary/aromatic N) is 2. The van der Waals surface area contributed by atoms with Crippen molar-refractivity contribution in [1.29, 1.82) is 0 Å². The van der Waals surface area contributed by atoms with Gasteiger partial charge in [0.25, 0.3) is 0 Å². The van der Waals surface area contributed by atoms with Gasteiger partial charge in [-0.2, -0.15) is 0 Å². The maximum atomic E-state index is 12.2. The first-order chi connectivity index (χ1) is 9.52. The van der Waals surface area contributed by atoms with Crippen molar-refractivity contribution in [2.45, 2.75) is 37.7 Å². The third-order valence-corrected chi connectivity index (χ3v) is 4.92. The first-order valence-electron chi connectivity index (χ1n) is 6.62. The minimum absolute atomic E-state index is 0.0156. The quantitative estimate of drug-likeness (QED) is 0.861. The Hall–Kier alpha value is -1.69. The van der Waals surface area contributed by atoms with Crippen LogP contribution in [0.1, 0.15) is 34.9 Å². The fourth-order valence-corrected chi connectivity index (χ4v) is 3.89. The second-order valence-electron chi connectivity index (χ2n) is 5.20. The van der Waals surface area contributed by atoms with Crippen LogP contribution < -0.4 is 0 Å². The number of rotatable bonds is 4. The summed E-state index contributed by atoms with van der Waals surface area (Å²) in [6.07, 6.45) is 3.31. The number of hydrogen-bond donors (Lipinski definition) is 0. The van der Waals surface area contributed by atoms with Crippen molar-refractivity contribution in [3.05, 3.63) is 46.7 Å². The molecule has 1 aliphatic carbocycles. The molecule has 0 aliphatic heterocycles. The van der Waals surface area contributed by atoms with E-state index in [1.165, 1.54) is 11.1 Å². The van der Waals surface area contributed by atoms with E-state index >= 15 is 0 Å². The molecule has 1 aromatic carbocycles. The topological polar surface area (TPSA) is 73.1 Å². The maximum Gasteiger partial charge on any atom is 0.231 e. The molecule has 0 saturated heterocycles. The molecule has 0 radical (unpaired) electrons. The van der Waals surface area contributed by atoms with Crippen LogP contribution >= 0.6 is 0 Å². The minimum Gasteiger partial charge on any atom is -0.424 e. The molecule has 106 valence electrons. The normalized spacial score (nSPS) is 14.4. The van der Waals surface area contributed by atoms with Crippen LogP contribution in [-0.2, 0) is 34.2 Å². The Morgan fingerprint density at radius 3 is 2.70 bits per heavy atom. The predicted molar refractivity (Wildman–Crippen MR) is 73.8 cm³/mol. The molecule has 1 heterocycles. The zero-order valence-corrected chi connectivity index (χ0v) is 12.1. The fourth-order valence-electron chi connectivity index (χ4n) is 2.60. The average molecular weight is 292 g/mol. The Balaban J connectivity index is 1.76. The summed E-state index contributed by atoms with van der Waals surface area (Å²) in [5.41, 5.74) is 3.46. The van der Waals surface area contributed by atoms with Gasteiger partial charge >= 0.3 is 0 Å². The number of aryl methyl sites for hydroxylation is 3. The van der Waals surface area contributed by atoms with Crippen molar-refractivity contribution in [2.24, 2.45) is 0 Å². The SMILES string of the molecule is Cc1nnc(CS(=O)(=O)Cc2ccc3c(c2)CCC3)o1. The van der Waals surface area contributed by atoms with Crippen LogP contribution in [0, 0.1) is 6.92 Å². The summed E-state index contributed by atoms with van der Waals surface area (Å²) in [5.74, 6) is 0.350. The highest BCUT2D eigenvalue weighted by Crippen LogP contribution is 2.24. The van der Waals surface area contributed by atoms with Crippen molar-refractivity contribution < 1.29 is 12.8 Å². The molecule has 0 saturated carbocycles. The van der Waals surface area contributed by atoms with Gasteiger partial charge in [0.15, 0.2) is 9.84 Å². The van der Waals surface area contributed by atoms with Crippen LogP contribution in [0.25, 0.3) is 0 Å². The van der Waals surface area contributed by atoms with E-state index in [9.17, 15) is 8.42 Å². The van der Waals surface area contributed by atoms with Gasteiger partial charge < -0.3 is 4.42 Å². The first kappa shape index (κ1) is 13.3. The van der Waals surface area contributed by atoms with Crippen molar-refractivity contribution in [3.63, 3.8) is 0 Å². The zero-order chi connectivity index (χ0) is 14.2. The monoisotopic (exact) mass is 292 g/mol. The second kappa shape index (κ2) is 5.01. The van der Waals surface area contributed by atoms with E-state index in [0.717, 1.165) is 24.8 Å². The van der Waals surface area contributed by atoms with E-state index in [1.54, 1.807) is 6.92 Å². The van der Waals surface area contributed by atoms with Crippen LogP contribution in [0.15, 0.2) is 22.6 Å². The average Bonchev–Trinajstić information content (AvgIpc) is 2.96. The van der Waals surface area contributed by atoms with Gasteiger partial charge in [-0.05, 0) is 36.0 Å². The molecule has 6 heteroatoms. The third kappa shape index (κ3) is 2.90. The zero-order valence-electron chi connectivity index (χ0n) is 11.3. The highest BCUT2D eigenvalue weighted by atomic mass is 32.2. The molecule has 20 heavy (non-hydrogen) atoms. The molecule has 3 rings (SSSR count). The number of aromatic nitrogens is 2. The third-order valence-electron chi connectivity index (χ3n) is 3.46. The number of benzene rings is 1. The molecule has 0 unspecified atom stereocenters. The summed E-state index contributed by atoms with van der Waals surface area (Å²) in [6, 6.07) is 5.96. The molecular weight excluding hydrogens is 276 g/mol. The lowest BCUT2D eigenvalue weighted by atomic mass is 10.1. The Kier molecular flexibility index (Phi) is 3.33. The van der Waals surface area contributed by atoms with E-state index in [-0.39, 0.29) is 17.4 Å². The van der Waals surface area contributed by atoms with Crippen molar-refractivity contribution >= 4 is 9.84 Å². The van der Waals surface area contributed by atoms with Crippen LogP contribution in [0.3, 0.4) is 0 Å². The van der Waals surface area contributed by atoms with Crippen molar-refractivity contribution in [2.75, 3.05) is 0 Å². The van der Waals surface area contributed by atoms with Gasteiger partial charge in [-0.15, -0.1) is 10.2 Å². The number of sulfone groups is 1. The predicted octanol–water partition coefficient (Wildman–Crippen LogP) is 1.98. The van der Waals surface area contributed by atoms with Crippen LogP contribution in [0.4, 0.5) is 0 Å². The van der Waals surface area contributed by atoms with Gasteiger partial charge in [0.1, 0.15) is 5.75 Å². The second-order valence-corrected chi connectivity index (χ2v) is 7.27. The molecule has 0 bridgehead atoms. The molecule has 0 fully saturated rings. The maximum absolute atomic E-state index is 12.2. The van der Waals surface area contributed by atoms with E-state index in [2.05, 4.69) is 10.2 Å². The van der Waals surface area contributed by atoms with E-state index in [4.69, 9.17) is 4.42 Å². The molecule has 5 nitrogen and oxygen atoms in total. The van der Waals surface area contributed by atoms with Crippen LogP contribution in [-0.4, -0.2) is 18.6 Å². The molecule has 0 spiro atoms. The van der Waals surface area contributed by atoms with Gasteiger partial charge in [-0.1, -0.05) is 18.2 Å².